The van der Waals surface area contributed by atoms with Crippen LogP contribution in [0.5, 0.6) is 11.5 Å². The van der Waals surface area contributed by atoms with Gasteiger partial charge >= 0.3 is 29.8 Å². The molecule has 324 valence electrons. The molecule has 3 saturated heterocycles. The Kier molecular flexibility index (Phi) is 14.1. The van der Waals surface area contributed by atoms with Crippen LogP contribution >= 0.6 is 0 Å². The molecule has 5 N–H and O–H groups in total. The van der Waals surface area contributed by atoms with Crippen molar-refractivity contribution < 1.29 is 96.9 Å². The number of aliphatic hydroxyl groups is 4. The quantitative estimate of drug-likeness (QED) is 0.102. The molecule has 0 saturated carbocycles. The van der Waals surface area contributed by atoms with Crippen LogP contribution in [0, 0.1) is 11.8 Å². The Hall–Kier alpha value is -5.61. The molecule has 0 amide bonds. The van der Waals surface area contributed by atoms with Crippen molar-refractivity contribution in [3.05, 3.63) is 84.1 Å². The number of esters is 5. The Morgan fingerprint density at radius 3 is 2.22 bits per heavy atom. The van der Waals surface area contributed by atoms with Crippen molar-refractivity contribution in [2.75, 3.05) is 19.8 Å². The summed E-state index contributed by atoms with van der Waals surface area (Å²) in [5.74, 6) is -7.07. The lowest BCUT2D eigenvalue weighted by molar-refractivity contribution is -0.338. The minimum atomic E-state index is -1.87. The largest absolute Gasteiger partial charge is 0.504 e. The maximum atomic E-state index is 14.0. The highest BCUT2D eigenvalue weighted by molar-refractivity contribution is 5.93. The topological polar surface area (TPSA) is 279 Å². The van der Waals surface area contributed by atoms with Gasteiger partial charge in [-0.2, -0.15) is 0 Å². The lowest BCUT2D eigenvalue weighted by Crippen LogP contribution is -2.64. The van der Waals surface area contributed by atoms with E-state index in [0.29, 0.717) is 6.42 Å². The van der Waals surface area contributed by atoms with Crippen LogP contribution < -0.4 is 4.74 Å². The molecule has 3 fully saturated rings. The van der Waals surface area contributed by atoms with E-state index in [0.717, 1.165) is 19.9 Å². The molecule has 6 rings (SSSR count). The monoisotopic (exact) mass is 844 g/mol. The second-order valence-electron chi connectivity index (χ2n) is 14.1. The highest BCUT2D eigenvalue weighted by Crippen LogP contribution is 2.40. The Morgan fingerprint density at radius 2 is 1.53 bits per heavy atom. The summed E-state index contributed by atoms with van der Waals surface area (Å²) < 4.78 is 57.1. The van der Waals surface area contributed by atoms with E-state index in [1.807, 2.05) is 0 Å². The van der Waals surface area contributed by atoms with Gasteiger partial charge in [-0.1, -0.05) is 30.3 Å². The number of carbonyl (C=O) groups is 5. The number of para-hydroxylation sites is 1. The predicted octanol–water partition coefficient (Wildman–Crippen LogP) is 0.164. The van der Waals surface area contributed by atoms with Crippen molar-refractivity contribution >= 4 is 29.8 Å². The number of phenolic OH excluding ortho intramolecular Hbond substituents is 1. The maximum Gasteiger partial charge on any atom is 0.342 e. The van der Waals surface area contributed by atoms with Gasteiger partial charge in [0.2, 0.25) is 18.9 Å². The second-order valence-corrected chi connectivity index (χ2v) is 14.1. The molecule has 2 aromatic carbocycles. The van der Waals surface area contributed by atoms with Gasteiger partial charge in [0.1, 0.15) is 42.7 Å². The van der Waals surface area contributed by atoms with Crippen LogP contribution in [0.25, 0.3) is 0 Å². The summed E-state index contributed by atoms with van der Waals surface area (Å²) in [5.41, 5.74) is -0.272. The van der Waals surface area contributed by atoms with E-state index in [9.17, 15) is 49.5 Å². The summed E-state index contributed by atoms with van der Waals surface area (Å²) in [6.07, 6.45) is -15.2. The molecular formula is C40H44O20. The summed E-state index contributed by atoms with van der Waals surface area (Å²) in [7, 11) is 0. The maximum absolute atomic E-state index is 14.0. The fraction of sp³-hybridized carbons (Fsp3) is 0.475. The third-order valence-electron chi connectivity index (χ3n) is 10.1. The highest BCUT2D eigenvalue weighted by atomic mass is 16.8. The van der Waals surface area contributed by atoms with Gasteiger partial charge in [0.05, 0.1) is 30.6 Å². The molecule has 60 heavy (non-hydrogen) atoms. The zero-order valence-corrected chi connectivity index (χ0v) is 32.2. The fourth-order valence-electron chi connectivity index (χ4n) is 7.10. The first-order chi connectivity index (χ1) is 28.7. The van der Waals surface area contributed by atoms with Gasteiger partial charge in [-0.3, -0.25) is 9.59 Å². The van der Waals surface area contributed by atoms with E-state index in [1.54, 1.807) is 18.2 Å². The smallest absolute Gasteiger partial charge is 0.342 e. The van der Waals surface area contributed by atoms with Crippen LogP contribution in [0.15, 0.2) is 73.0 Å². The van der Waals surface area contributed by atoms with E-state index < -0.39 is 140 Å². The third kappa shape index (κ3) is 9.55. The minimum absolute atomic E-state index is 0.0562. The SMILES string of the molecule is C=C[C@@H]1[C@@H](O[C@H]2O[C@@H](COC(C)=O)[C@H](OC(=O)c3cccc(O[C@@H]4O[C@@H](CO)[C@H](O)[C@@H](O)[C@@H]4O)c3O)[C@@H](OC(C)=O)[C@@H]2OC(=O)c2ccccc2)OC=C2C(=O)OCC[C@@H]21. The molecule has 2 aromatic rings. The molecule has 4 heterocycles. The summed E-state index contributed by atoms with van der Waals surface area (Å²) in [6, 6.07) is 11.2. The zero-order chi connectivity index (χ0) is 43.2. The van der Waals surface area contributed by atoms with Crippen LogP contribution in [0.2, 0.25) is 0 Å². The Balaban J connectivity index is 1.34. The van der Waals surface area contributed by atoms with Gasteiger partial charge in [-0.25, -0.2) is 14.4 Å². The Bertz CT molecular complexity index is 1930. The molecular weight excluding hydrogens is 800 g/mol. The molecule has 20 nitrogen and oxygen atoms in total. The number of aromatic hydroxyl groups is 1. The summed E-state index contributed by atoms with van der Waals surface area (Å²) in [4.78, 5) is 65.0. The normalized spacial score (nSPS) is 32.4. The average molecular weight is 845 g/mol. The first kappa shape index (κ1) is 44.0. The van der Waals surface area contributed by atoms with Gasteiger partial charge in [0.25, 0.3) is 0 Å². The average Bonchev–Trinajstić information content (AvgIpc) is 3.23. The summed E-state index contributed by atoms with van der Waals surface area (Å²) >= 11 is 0. The van der Waals surface area contributed by atoms with Crippen LogP contribution in [0.3, 0.4) is 0 Å². The lowest BCUT2D eigenvalue weighted by Gasteiger charge is -2.46. The van der Waals surface area contributed by atoms with Gasteiger partial charge < -0.3 is 72.9 Å². The van der Waals surface area contributed by atoms with Crippen LogP contribution in [-0.2, 0) is 57.0 Å². The van der Waals surface area contributed by atoms with Crippen molar-refractivity contribution in [1.82, 2.24) is 0 Å². The van der Waals surface area contributed by atoms with E-state index in [-0.39, 0.29) is 17.7 Å². The molecule has 0 unspecified atom stereocenters. The molecule has 13 atom stereocenters. The highest BCUT2D eigenvalue weighted by Gasteiger charge is 2.55. The zero-order valence-electron chi connectivity index (χ0n) is 32.2. The van der Waals surface area contributed by atoms with Crippen molar-refractivity contribution in [3.8, 4) is 11.5 Å². The number of fused-ring (bicyclic) bond motifs is 1. The summed E-state index contributed by atoms with van der Waals surface area (Å²) in [6.45, 7) is 4.69. The van der Waals surface area contributed by atoms with Crippen LogP contribution in [0.4, 0.5) is 0 Å². The number of benzene rings is 2. The van der Waals surface area contributed by atoms with Crippen molar-refractivity contribution in [2.24, 2.45) is 11.8 Å². The van der Waals surface area contributed by atoms with E-state index in [1.165, 1.54) is 36.6 Å². The van der Waals surface area contributed by atoms with Gasteiger partial charge in [0.15, 0.2) is 29.8 Å². The number of phenols is 1. The van der Waals surface area contributed by atoms with Crippen molar-refractivity contribution in [3.63, 3.8) is 0 Å². The van der Waals surface area contributed by atoms with Gasteiger partial charge in [0, 0.05) is 25.7 Å². The Labute approximate surface area is 341 Å². The van der Waals surface area contributed by atoms with Crippen LogP contribution in [0.1, 0.15) is 41.0 Å². The number of ether oxygens (including phenoxy) is 10. The molecule has 20 heteroatoms. The Morgan fingerprint density at radius 1 is 0.817 bits per heavy atom. The molecule has 0 aromatic heterocycles. The standard InChI is InChI=1S/C40H44O20/c1-4-21-22-13-14-51-36(49)24(22)16-53-38(21)60-40-34(59-35(48)20-9-6-5-7-10-20)33(54-19(3)43)32(27(57-40)17-52-18(2)42)58-37(50)23-11-8-12-25(28(23)44)55-39-31(47)30(46)29(45)26(15-41)56-39/h4-12,16,21-22,26-27,29-34,38-41,44-47H,1,13-15,17H2,2-3H3/t21-,22+,26-,27-,29-,30+,31-,32-,33+,34-,38+,39+,40+/m0/s1. The fourth-order valence-corrected chi connectivity index (χ4v) is 7.10. The lowest BCUT2D eigenvalue weighted by atomic mass is 9.81. The molecule has 0 aliphatic carbocycles. The van der Waals surface area contributed by atoms with Gasteiger partial charge in [-0.15, -0.1) is 6.58 Å². The molecule has 4 aliphatic rings. The van der Waals surface area contributed by atoms with Gasteiger partial charge in [-0.05, 0) is 30.7 Å². The van der Waals surface area contributed by atoms with E-state index >= 15 is 0 Å². The van der Waals surface area contributed by atoms with E-state index in [4.69, 9.17) is 47.4 Å². The number of hydrogen-bond acceptors (Lipinski definition) is 20. The van der Waals surface area contributed by atoms with Crippen LogP contribution in [-0.4, -0.2) is 143 Å². The number of carbonyl (C=O) groups excluding carboxylic acids is 5. The van der Waals surface area contributed by atoms with Crippen molar-refractivity contribution in [2.45, 2.75) is 88.0 Å². The first-order valence-corrected chi connectivity index (χ1v) is 18.7. The third-order valence-corrected chi connectivity index (χ3v) is 10.1. The molecule has 0 spiro atoms. The number of aliphatic hydroxyl groups excluding tert-OH is 4. The summed E-state index contributed by atoms with van der Waals surface area (Å²) in [5, 5.41) is 51.6. The number of hydrogen-bond donors (Lipinski definition) is 5. The number of cyclic esters (lactones) is 1. The molecule has 0 bridgehead atoms. The minimum Gasteiger partial charge on any atom is -0.504 e. The van der Waals surface area contributed by atoms with E-state index in [2.05, 4.69) is 6.58 Å². The number of rotatable bonds is 13. The first-order valence-electron chi connectivity index (χ1n) is 18.7. The molecule has 4 aliphatic heterocycles. The molecule has 0 radical (unpaired) electrons. The van der Waals surface area contributed by atoms with Crippen molar-refractivity contribution in [1.29, 1.82) is 0 Å². The second kappa shape index (κ2) is 19.2. The predicted molar refractivity (Wildman–Crippen MR) is 195 cm³/mol.